The number of ether oxygens (including phenoxy) is 2. The maximum atomic E-state index is 10.2. The predicted octanol–water partition coefficient (Wildman–Crippen LogP) is -4.92. The number of aldehydes is 1. The van der Waals surface area contributed by atoms with Crippen molar-refractivity contribution in [1.82, 2.24) is 0 Å². The van der Waals surface area contributed by atoms with Crippen LogP contribution in [0.25, 0.3) is 0 Å². The highest BCUT2D eigenvalue weighted by Gasteiger charge is 2.39. The molecule has 0 saturated carbocycles. The largest absolute Gasteiger partial charge is 0.388 e. The molecule has 1 fully saturated rings. The van der Waals surface area contributed by atoms with Crippen LogP contribution in [0.2, 0.25) is 0 Å². The molecule has 0 aliphatic carbocycles. The van der Waals surface area contributed by atoms with Gasteiger partial charge < -0.3 is 50.0 Å². The molecule has 1 aliphatic rings. The van der Waals surface area contributed by atoms with E-state index in [0.717, 1.165) is 0 Å². The smallest absolute Gasteiger partial charge is 0.186 e. The van der Waals surface area contributed by atoms with Crippen molar-refractivity contribution >= 4 is 6.29 Å². The number of aliphatic hydroxyl groups is 7. The Balaban J connectivity index is 2.45. The van der Waals surface area contributed by atoms with E-state index in [1.807, 2.05) is 0 Å². The fraction of sp³-hybridized carbons (Fsp3) is 0.909. The second-order valence-electron chi connectivity index (χ2n) is 4.76. The van der Waals surface area contributed by atoms with Gasteiger partial charge in [0, 0.05) is 0 Å². The highest BCUT2D eigenvalue weighted by Crippen LogP contribution is 2.17. The van der Waals surface area contributed by atoms with Crippen LogP contribution in [0.5, 0.6) is 0 Å². The minimum Gasteiger partial charge on any atom is -0.388 e. The van der Waals surface area contributed by atoms with E-state index in [2.05, 4.69) is 0 Å². The molecule has 0 aromatic heterocycles. The molecule has 0 aromatic rings. The Morgan fingerprint density at radius 3 is 2.29 bits per heavy atom. The van der Waals surface area contributed by atoms with Crippen LogP contribution < -0.4 is 0 Å². The van der Waals surface area contributed by atoms with Crippen LogP contribution in [0.1, 0.15) is 0 Å². The van der Waals surface area contributed by atoms with E-state index in [1.54, 1.807) is 0 Å². The molecule has 1 heterocycles. The molecule has 0 amide bonds. The van der Waals surface area contributed by atoms with Gasteiger partial charge in [0.05, 0.1) is 13.2 Å². The van der Waals surface area contributed by atoms with Crippen LogP contribution in [0.4, 0.5) is 0 Å². The lowest BCUT2D eigenvalue weighted by atomic mass is 10.0. The van der Waals surface area contributed by atoms with Crippen LogP contribution in [-0.4, -0.2) is 104 Å². The Kier molecular flexibility index (Phi) is 7.06. The molecule has 21 heavy (non-hydrogen) atoms. The first-order chi connectivity index (χ1) is 9.79. The van der Waals surface area contributed by atoms with Gasteiger partial charge >= 0.3 is 0 Å². The molecule has 7 N–H and O–H groups in total. The lowest BCUT2D eigenvalue weighted by molar-refractivity contribution is -0.277. The fourth-order valence-electron chi connectivity index (χ4n) is 1.73. The third kappa shape index (κ3) is 4.64. The van der Waals surface area contributed by atoms with Crippen molar-refractivity contribution in [1.29, 1.82) is 0 Å². The number of hydrogen-bond donors (Lipinski definition) is 7. The van der Waals surface area contributed by atoms with Crippen molar-refractivity contribution in [3.05, 3.63) is 0 Å². The van der Waals surface area contributed by atoms with Crippen molar-refractivity contribution in [2.24, 2.45) is 0 Å². The average Bonchev–Trinajstić information content (AvgIpc) is 2.49. The molecule has 8 unspecified atom stereocenters. The summed E-state index contributed by atoms with van der Waals surface area (Å²) in [5.41, 5.74) is 0. The quantitative estimate of drug-likeness (QED) is 0.225. The first-order valence-electron chi connectivity index (χ1n) is 6.24. The van der Waals surface area contributed by atoms with Crippen molar-refractivity contribution in [2.75, 3.05) is 13.2 Å². The van der Waals surface area contributed by atoms with Gasteiger partial charge in [-0.05, 0) is 0 Å². The SMILES string of the molecule is O=CC(O)C(O)C(O)C(O)COC1OCC(O)C(O)C1O. The van der Waals surface area contributed by atoms with Gasteiger partial charge in [0.25, 0.3) is 0 Å². The number of rotatable bonds is 7. The molecule has 0 radical (unpaired) electrons. The zero-order valence-corrected chi connectivity index (χ0v) is 11.0. The summed E-state index contributed by atoms with van der Waals surface area (Å²) in [5.74, 6) is 0. The summed E-state index contributed by atoms with van der Waals surface area (Å²) in [4.78, 5) is 10.2. The summed E-state index contributed by atoms with van der Waals surface area (Å²) in [5, 5.41) is 65.6. The van der Waals surface area contributed by atoms with E-state index in [0.29, 0.717) is 0 Å². The minimum atomic E-state index is -1.91. The Morgan fingerprint density at radius 2 is 1.71 bits per heavy atom. The third-order valence-corrected chi connectivity index (χ3v) is 3.12. The van der Waals surface area contributed by atoms with Crippen LogP contribution in [-0.2, 0) is 14.3 Å². The number of carbonyl (C=O) groups excluding carboxylic acids is 1. The van der Waals surface area contributed by atoms with Gasteiger partial charge in [-0.1, -0.05) is 0 Å². The molecule has 1 rings (SSSR count). The number of carbonyl (C=O) groups is 1. The van der Waals surface area contributed by atoms with Crippen molar-refractivity contribution in [3.8, 4) is 0 Å². The molecule has 0 aromatic carbocycles. The summed E-state index contributed by atoms with van der Waals surface area (Å²) in [7, 11) is 0. The van der Waals surface area contributed by atoms with Gasteiger partial charge in [-0.3, -0.25) is 0 Å². The molecule has 124 valence electrons. The van der Waals surface area contributed by atoms with Crippen molar-refractivity contribution < 1.29 is 50.0 Å². The van der Waals surface area contributed by atoms with E-state index in [-0.39, 0.29) is 12.9 Å². The Labute approximate surface area is 119 Å². The van der Waals surface area contributed by atoms with Crippen LogP contribution >= 0.6 is 0 Å². The number of aliphatic hydroxyl groups excluding tert-OH is 7. The van der Waals surface area contributed by atoms with Crippen LogP contribution in [0.15, 0.2) is 0 Å². The second-order valence-corrected chi connectivity index (χ2v) is 4.76. The zero-order valence-electron chi connectivity index (χ0n) is 11.0. The molecule has 10 nitrogen and oxygen atoms in total. The molecule has 8 atom stereocenters. The normalized spacial score (nSPS) is 35.8. The Hall–Kier alpha value is -0.690. The Morgan fingerprint density at radius 1 is 1.10 bits per heavy atom. The van der Waals surface area contributed by atoms with Crippen LogP contribution in [0.3, 0.4) is 0 Å². The molecule has 1 saturated heterocycles. The standard InChI is InChI=1S/C11H20O10/c12-1-4(13)7(16)8(17)5(14)2-20-11-10(19)9(18)6(15)3-21-11/h1,4-11,13-19H,2-3H2. The summed E-state index contributed by atoms with van der Waals surface area (Å²) in [6.45, 7) is -0.914. The van der Waals surface area contributed by atoms with Gasteiger partial charge in [-0.2, -0.15) is 0 Å². The third-order valence-electron chi connectivity index (χ3n) is 3.12. The van der Waals surface area contributed by atoms with E-state index in [9.17, 15) is 35.4 Å². The van der Waals surface area contributed by atoms with E-state index >= 15 is 0 Å². The highest BCUT2D eigenvalue weighted by atomic mass is 16.7. The van der Waals surface area contributed by atoms with E-state index in [1.165, 1.54) is 0 Å². The molecule has 0 spiro atoms. The lowest BCUT2D eigenvalue weighted by Gasteiger charge is -2.35. The number of hydrogen-bond acceptors (Lipinski definition) is 10. The minimum absolute atomic E-state index is 0.00674. The summed E-state index contributed by atoms with van der Waals surface area (Å²) < 4.78 is 9.82. The van der Waals surface area contributed by atoms with E-state index in [4.69, 9.17) is 14.6 Å². The van der Waals surface area contributed by atoms with Gasteiger partial charge in [0.1, 0.15) is 42.7 Å². The van der Waals surface area contributed by atoms with Crippen molar-refractivity contribution in [2.45, 2.75) is 49.0 Å². The van der Waals surface area contributed by atoms with Gasteiger partial charge in [0.15, 0.2) is 12.6 Å². The maximum absolute atomic E-state index is 10.2. The maximum Gasteiger partial charge on any atom is 0.186 e. The topological polar surface area (TPSA) is 177 Å². The molecular weight excluding hydrogens is 292 g/mol. The molecule has 10 heteroatoms. The van der Waals surface area contributed by atoms with Gasteiger partial charge in [-0.15, -0.1) is 0 Å². The zero-order chi connectivity index (χ0) is 16.2. The Bertz CT molecular complexity index is 326. The monoisotopic (exact) mass is 312 g/mol. The van der Waals surface area contributed by atoms with Crippen LogP contribution in [0, 0.1) is 0 Å². The first-order valence-corrected chi connectivity index (χ1v) is 6.24. The first kappa shape index (κ1) is 18.4. The van der Waals surface area contributed by atoms with Crippen molar-refractivity contribution in [3.63, 3.8) is 0 Å². The summed E-state index contributed by atoms with van der Waals surface area (Å²) in [6, 6.07) is 0. The molecule has 1 aliphatic heterocycles. The highest BCUT2D eigenvalue weighted by molar-refractivity contribution is 5.56. The predicted molar refractivity (Wildman–Crippen MR) is 63.8 cm³/mol. The van der Waals surface area contributed by atoms with Gasteiger partial charge in [0.2, 0.25) is 0 Å². The summed E-state index contributed by atoms with van der Waals surface area (Å²) >= 11 is 0. The lowest BCUT2D eigenvalue weighted by Crippen LogP contribution is -2.54. The molecular formula is C11H20O10. The molecule has 0 bridgehead atoms. The van der Waals surface area contributed by atoms with E-state index < -0.39 is 55.6 Å². The average molecular weight is 312 g/mol. The fourth-order valence-corrected chi connectivity index (χ4v) is 1.73. The summed E-state index contributed by atoms with van der Waals surface area (Å²) in [6.07, 6.45) is -13.0. The second kappa shape index (κ2) is 8.08. The van der Waals surface area contributed by atoms with Gasteiger partial charge in [-0.25, -0.2) is 0 Å².